The van der Waals surface area contributed by atoms with Gasteiger partial charge in [-0.2, -0.15) is 0 Å². The molecule has 1 aliphatic rings. The fourth-order valence-corrected chi connectivity index (χ4v) is 3.20. The van der Waals surface area contributed by atoms with Gasteiger partial charge in [0.1, 0.15) is 0 Å². The fraction of sp³-hybridized carbons (Fsp3) is 0.429. The monoisotopic (exact) mass is 383 g/mol. The number of benzene rings is 1. The number of guanidine groups is 1. The summed E-state index contributed by atoms with van der Waals surface area (Å²) in [5.41, 5.74) is 2.34. The molecule has 1 saturated heterocycles. The maximum atomic E-state index is 12.4. The highest BCUT2D eigenvalue weighted by Gasteiger charge is 2.25. The van der Waals surface area contributed by atoms with Gasteiger partial charge >= 0.3 is 0 Å². The first kappa shape index (κ1) is 19.8. The Labute approximate surface area is 166 Å². The molecule has 28 heavy (non-hydrogen) atoms. The lowest BCUT2D eigenvalue weighted by Gasteiger charge is -2.36. The number of aliphatic imine (C=N–C) groups is 1. The predicted octanol–water partition coefficient (Wildman–Crippen LogP) is 2.27. The predicted molar refractivity (Wildman–Crippen MR) is 112 cm³/mol. The quantitative estimate of drug-likeness (QED) is 0.634. The number of carbonyl (C=O) groups excluding carboxylic acids is 1. The summed E-state index contributed by atoms with van der Waals surface area (Å²) in [6.45, 7) is 6.29. The molecule has 1 aliphatic heterocycles. The number of nitrogens with one attached hydrogen (secondary N) is 1. The Bertz CT molecular complexity index is 793. The van der Waals surface area contributed by atoms with Crippen LogP contribution < -0.4 is 10.2 Å². The van der Waals surface area contributed by atoms with E-state index in [1.807, 2.05) is 19.0 Å². The van der Waals surface area contributed by atoms with Crippen LogP contribution in [0.4, 0.5) is 5.69 Å². The summed E-state index contributed by atoms with van der Waals surface area (Å²) in [5, 5.41) is 3.38. The van der Waals surface area contributed by atoms with Crippen LogP contribution in [0.1, 0.15) is 23.0 Å². The van der Waals surface area contributed by atoms with E-state index in [1.165, 1.54) is 17.5 Å². The molecule has 2 aromatic rings. The Morgan fingerprint density at radius 2 is 1.89 bits per heavy atom. The number of nitrogens with zero attached hydrogens (tertiary/aromatic N) is 4. The average Bonchev–Trinajstić information content (AvgIpc) is 3.26. The zero-order valence-electron chi connectivity index (χ0n) is 16.9. The van der Waals surface area contributed by atoms with E-state index in [-0.39, 0.29) is 5.91 Å². The first-order chi connectivity index (χ1) is 13.6. The van der Waals surface area contributed by atoms with Crippen LogP contribution in [0, 0.1) is 0 Å². The molecule has 1 aromatic carbocycles. The summed E-state index contributed by atoms with van der Waals surface area (Å²) in [5.74, 6) is 1.24. The molecule has 7 heteroatoms. The highest BCUT2D eigenvalue weighted by atomic mass is 16.3. The van der Waals surface area contributed by atoms with Crippen LogP contribution in [-0.2, 0) is 6.54 Å². The van der Waals surface area contributed by atoms with Crippen molar-refractivity contribution in [1.29, 1.82) is 0 Å². The van der Waals surface area contributed by atoms with E-state index in [2.05, 4.69) is 46.3 Å². The van der Waals surface area contributed by atoms with Crippen molar-refractivity contribution in [1.82, 2.24) is 15.1 Å². The maximum absolute atomic E-state index is 12.4. The second-order valence-electron chi connectivity index (χ2n) is 6.99. The Balaban J connectivity index is 1.62. The minimum Gasteiger partial charge on any atom is -0.459 e. The van der Waals surface area contributed by atoms with Gasteiger partial charge in [-0.25, -0.2) is 4.99 Å². The van der Waals surface area contributed by atoms with E-state index in [0.717, 1.165) is 25.6 Å². The van der Waals surface area contributed by atoms with E-state index < -0.39 is 0 Å². The van der Waals surface area contributed by atoms with E-state index in [1.54, 1.807) is 12.1 Å². The molecule has 0 radical (unpaired) electrons. The molecule has 0 spiro atoms. The molecule has 1 amide bonds. The van der Waals surface area contributed by atoms with Gasteiger partial charge in [-0.05, 0) is 36.8 Å². The standard InChI is InChI=1S/C21H29N5O2/c1-4-22-21(23-16-17-7-5-8-18(15-17)24(2)3)26-12-10-25(11-13-26)20(27)19-9-6-14-28-19/h5-9,14-15H,4,10-13,16H2,1-3H3,(H,22,23). The number of anilines is 1. The highest BCUT2D eigenvalue weighted by molar-refractivity contribution is 5.91. The summed E-state index contributed by atoms with van der Waals surface area (Å²) >= 11 is 0. The number of amides is 1. The number of furan rings is 1. The molecule has 1 aromatic heterocycles. The van der Waals surface area contributed by atoms with Crippen molar-refractivity contribution in [3.63, 3.8) is 0 Å². The third kappa shape index (κ3) is 4.85. The number of rotatable bonds is 5. The van der Waals surface area contributed by atoms with Gasteiger partial charge in [0.15, 0.2) is 11.7 Å². The Kier molecular flexibility index (Phi) is 6.57. The fourth-order valence-electron chi connectivity index (χ4n) is 3.20. The lowest BCUT2D eigenvalue weighted by Crippen LogP contribution is -2.53. The van der Waals surface area contributed by atoms with Crippen molar-refractivity contribution >= 4 is 17.6 Å². The minimum atomic E-state index is -0.0490. The van der Waals surface area contributed by atoms with Gasteiger partial charge in [0, 0.05) is 52.5 Å². The van der Waals surface area contributed by atoms with Crippen molar-refractivity contribution in [2.75, 3.05) is 51.7 Å². The molecule has 7 nitrogen and oxygen atoms in total. The Hall–Kier alpha value is -2.96. The second-order valence-corrected chi connectivity index (χ2v) is 6.99. The third-order valence-electron chi connectivity index (χ3n) is 4.77. The van der Waals surface area contributed by atoms with Gasteiger partial charge in [0.2, 0.25) is 0 Å². The molecular weight excluding hydrogens is 354 g/mol. The van der Waals surface area contributed by atoms with Gasteiger partial charge in [0.25, 0.3) is 5.91 Å². The van der Waals surface area contributed by atoms with Crippen molar-refractivity contribution in [3.8, 4) is 0 Å². The molecule has 1 fully saturated rings. The average molecular weight is 383 g/mol. The Morgan fingerprint density at radius 1 is 1.14 bits per heavy atom. The molecule has 0 saturated carbocycles. The van der Waals surface area contributed by atoms with Crippen molar-refractivity contribution < 1.29 is 9.21 Å². The molecule has 1 N–H and O–H groups in total. The van der Waals surface area contributed by atoms with Gasteiger partial charge in [0.05, 0.1) is 12.8 Å². The van der Waals surface area contributed by atoms with Crippen LogP contribution in [0.15, 0.2) is 52.1 Å². The lowest BCUT2D eigenvalue weighted by atomic mass is 10.2. The summed E-state index contributed by atoms with van der Waals surface area (Å²) in [7, 11) is 4.08. The van der Waals surface area contributed by atoms with Crippen LogP contribution >= 0.6 is 0 Å². The van der Waals surface area contributed by atoms with Crippen LogP contribution in [0.5, 0.6) is 0 Å². The Morgan fingerprint density at radius 3 is 2.54 bits per heavy atom. The van der Waals surface area contributed by atoms with Gasteiger partial charge in [-0.15, -0.1) is 0 Å². The summed E-state index contributed by atoms with van der Waals surface area (Å²) in [6.07, 6.45) is 1.53. The van der Waals surface area contributed by atoms with Crippen LogP contribution in [-0.4, -0.2) is 68.5 Å². The maximum Gasteiger partial charge on any atom is 0.289 e. The number of hydrogen-bond acceptors (Lipinski definition) is 4. The molecule has 0 bridgehead atoms. The topological polar surface area (TPSA) is 64.3 Å². The van der Waals surface area contributed by atoms with Crippen molar-refractivity contribution in [3.05, 3.63) is 54.0 Å². The molecule has 150 valence electrons. The normalized spacial score (nSPS) is 14.9. The highest BCUT2D eigenvalue weighted by Crippen LogP contribution is 2.15. The van der Waals surface area contributed by atoms with Crippen molar-refractivity contribution in [2.24, 2.45) is 4.99 Å². The number of hydrogen-bond donors (Lipinski definition) is 1. The lowest BCUT2D eigenvalue weighted by molar-refractivity contribution is 0.0657. The summed E-state index contributed by atoms with van der Waals surface area (Å²) in [6, 6.07) is 11.9. The first-order valence-corrected chi connectivity index (χ1v) is 9.70. The zero-order valence-corrected chi connectivity index (χ0v) is 16.9. The molecule has 0 aliphatic carbocycles. The molecule has 0 unspecified atom stereocenters. The zero-order chi connectivity index (χ0) is 19.9. The SMILES string of the molecule is CCNC(=NCc1cccc(N(C)C)c1)N1CCN(C(=O)c2ccco2)CC1. The number of piperazine rings is 1. The molecular formula is C21H29N5O2. The van der Waals surface area contributed by atoms with Gasteiger partial charge < -0.3 is 24.4 Å². The van der Waals surface area contributed by atoms with Crippen LogP contribution in [0.3, 0.4) is 0 Å². The van der Waals surface area contributed by atoms with E-state index in [0.29, 0.717) is 25.4 Å². The first-order valence-electron chi connectivity index (χ1n) is 9.70. The summed E-state index contributed by atoms with van der Waals surface area (Å²) < 4.78 is 5.23. The second kappa shape index (κ2) is 9.30. The molecule has 3 rings (SSSR count). The minimum absolute atomic E-state index is 0.0490. The third-order valence-corrected chi connectivity index (χ3v) is 4.77. The van der Waals surface area contributed by atoms with Crippen LogP contribution in [0.2, 0.25) is 0 Å². The smallest absolute Gasteiger partial charge is 0.289 e. The summed E-state index contributed by atoms with van der Waals surface area (Å²) in [4.78, 5) is 23.4. The van der Waals surface area contributed by atoms with Crippen LogP contribution in [0.25, 0.3) is 0 Å². The van der Waals surface area contributed by atoms with E-state index in [9.17, 15) is 4.79 Å². The molecule has 0 atom stereocenters. The van der Waals surface area contributed by atoms with Crippen molar-refractivity contribution in [2.45, 2.75) is 13.5 Å². The van der Waals surface area contributed by atoms with Gasteiger partial charge in [-0.1, -0.05) is 12.1 Å². The molecule has 2 heterocycles. The largest absolute Gasteiger partial charge is 0.459 e. The van der Waals surface area contributed by atoms with E-state index in [4.69, 9.17) is 9.41 Å². The van der Waals surface area contributed by atoms with E-state index >= 15 is 0 Å². The van der Waals surface area contributed by atoms with Gasteiger partial charge in [-0.3, -0.25) is 4.79 Å². The number of carbonyl (C=O) groups is 1.